The summed E-state index contributed by atoms with van der Waals surface area (Å²) in [5.41, 5.74) is 2.60. The zero-order valence-electron chi connectivity index (χ0n) is 12.5. The van der Waals surface area contributed by atoms with E-state index in [4.69, 9.17) is 0 Å². The number of fused-ring (bicyclic) bond motifs is 1. The first-order chi connectivity index (χ1) is 11.8. The van der Waals surface area contributed by atoms with Gasteiger partial charge in [-0.05, 0) is 24.3 Å². The molecule has 1 N–H and O–H groups in total. The van der Waals surface area contributed by atoms with Crippen molar-refractivity contribution >= 4 is 43.9 Å². The molecule has 4 rings (SSSR count). The second-order valence-corrected chi connectivity index (χ2v) is 6.99. The number of nitrogens with one attached hydrogen (secondary N) is 1. The number of pyridine rings is 1. The van der Waals surface area contributed by atoms with Gasteiger partial charge >= 0.3 is 0 Å². The predicted molar refractivity (Wildman–Crippen MR) is 97.3 cm³/mol. The van der Waals surface area contributed by atoms with Crippen LogP contribution in [0, 0.1) is 0 Å². The zero-order valence-corrected chi connectivity index (χ0v) is 14.1. The van der Waals surface area contributed by atoms with E-state index in [1.807, 2.05) is 41.8 Å². The first-order valence-corrected chi connectivity index (χ1v) is 8.98. The van der Waals surface area contributed by atoms with Gasteiger partial charge in [-0.1, -0.05) is 23.5 Å². The Bertz CT molecular complexity index is 961. The number of hydrogen-bond donors (Lipinski definition) is 1. The number of benzene rings is 1. The first-order valence-electron chi connectivity index (χ1n) is 7.28. The average Bonchev–Trinajstić information content (AvgIpc) is 3.21. The van der Waals surface area contributed by atoms with Crippen molar-refractivity contribution in [2.75, 3.05) is 5.32 Å². The van der Waals surface area contributed by atoms with Crippen molar-refractivity contribution in [3.8, 4) is 10.6 Å². The Kier molecular flexibility index (Phi) is 4.02. The van der Waals surface area contributed by atoms with E-state index in [9.17, 15) is 4.79 Å². The summed E-state index contributed by atoms with van der Waals surface area (Å²) in [7, 11) is 0. The lowest BCUT2D eigenvalue weighted by molar-refractivity contribution is -0.115. The molecule has 0 aliphatic carbocycles. The SMILES string of the molecule is O=C(Cc1csc(-c2cccnc2)n1)Nc1nc2ccccc2s1. The summed E-state index contributed by atoms with van der Waals surface area (Å²) in [5, 5.41) is 6.23. The van der Waals surface area contributed by atoms with Crippen LogP contribution >= 0.6 is 22.7 Å². The fourth-order valence-electron chi connectivity index (χ4n) is 2.26. The van der Waals surface area contributed by atoms with Crippen LogP contribution in [0.25, 0.3) is 20.8 Å². The smallest absolute Gasteiger partial charge is 0.232 e. The summed E-state index contributed by atoms with van der Waals surface area (Å²) in [6, 6.07) is 11.6. The van der Waals surface area contributed by atoms with Crippen LogP contribution in [0.2, 0.25) is 0 Å². The van der Waals surface area contributed by atoms with Gasteiger partial charge < -0.3 is 5.32 Å². The van der Waals surface area contributed by atoms with Gasteiger partial charge in [0.05, 0.1) is 22.3 Å². The number of carbonyl (C=O) groups is 1. The van der Waals surface area contributed by atoms with Gasteiger partial charge in [0.2, 0.25) is 5.91 Å². The standard InChI is InChI=1S/C17H12N4OS2/c22-15(21-17-20-13-5-1-2-6-14(13)24-17)8-12-10-23-16(19-12)11-4-3-7-18-9-11/h1-7,9-10H,8H2,(H,20,21,22). The van der Waals surface area contributed by atoms with Gasteiger partial charge in [0.1, 0.15) is 5.01 Å². The van der Waals surface area contributed by atoms with Gasteiger partial charge in [-0.2, -0.15) is 0 Å². The minimum atomic E-state index is -0.114. The normalized spacial score (nSPS) is 10.8. The molecule has 0 saturated heterocycles. The number of amides is 1. The second-order valence-electron chi connectivity index (χ2n) is 5.10. The lowest BCUT2D eigenvalue weighted by Gasteiger charge is -1.98. The third kappa shape index (κ3) is 3.17. The summed E-state index contributed by atoms with van der Waals surface area (Å²) in [5.74, 6) is -0.114. The minimum Gasteiger partial charge on any atom is -0.302 e. The maximum atomic E-state index is 12.2. The molecule has 0 bridgehead atoms. The topological polar surface area (TPSA) is 67.8 Å². The Labute approximate surface area is 146 Å². The summed E-state index contributed by atoms with van der Waals surface area (Å²) in [6.45, 7) is 0. The van der Waals surface area contributed by atoms with Gasteiger partial charge in [-0.15, -0.1) is 11.3 Å². The molecule has 5 nitrogen and oxygen atoms in total. The monoisotopic (exact) mass is 352 g/mol. The molecule has 0 atom stereocenters. The first kappa shape index (κ1) is 14.9. The summed E-state index contributed by atoms with van der Waals surface area (Å²) in [4.78, 5) is 25.2. The number of aromatic nitrogens is 3. The van der Waals surface area contributed by atoms with Crippen LogP contribution in [0.4, 0.5) is 5.13 Å². The Morgan fingerprint density at radius 1 is 1.12 bits per heavy atom. The Morgan fingerprint density at radius 3 is 2.88 bits per heavy atom. The van der Waals surface area contributed by atoms with Gasteiger partial charge in [-0.25, -0.2) is 9.97 Å². The molecule has 4 aromatic rings. The molecule has 3 aromatic heterocycles. The van der Waals surface area contributed by atoms with E-state index in [-0.39, 0.29) is 12.3 Å². The fourth-order valence-corrected chi connectivity index (χ4v) is 3.96. The number of anilines is 1. The maximum Gasteiger partial charge on any atom is 0.232 e. The molecular formula is C17H12N4OS2. The largest absolute Gasteiger partial charge is 0.302 e. The van der Waals surface area contributed by atoms with Gasteiger partial charge in [0.25, 0.3) is 0 Å². The molecule has 0 aliphatic rings. The molecule has 0 saturated carbocycles. The number of hydrogen-bond acceptors (Lipinski definition) is 6. The molecule has 0 radical (unpaired) electrons. The van der Waals surface area contributed by atoms with Crippen molar-refractivity contribution in [3.05, 3.63) is 59.9 Å². The second kappa shape index (κ2) is 6.46. The highest BCUT2D eigenvalue weighted by Crippen LogP contribution is 2.26. The van der Waals surface area contributed by atoms with Crippen LogP contribution in [0.1, 0.15) is 5.69 Å². The third-order valence-electron chi connectivity index (χ3n) is 3.34. The minimum absolute atomic E-state index is 0.114. The molecule has 0 fully saturated rings. The highest BCUT2D eigenvalue weighted by molar-refractivity contribution is 7.22. The quantitative estimate of drug-likeness (QED) is 0.603. The average molecular weight is 352 g/mol. The lowest BCUT2D eigenvalue weighted by Crippen LogP contribution is -2.14. The Balaban J connectivity index is 1.45. The third-order valence-corrected chi connectivity index (χ3v) is 5.23. The van der Waals surface area contributed by atoms with E-state index in [1.165, 1.54) is 22.7 Å². The number of thiazole rings is 2. The van der Waals surface area contributed by atoms with Crippen molar-refractivity contribution in [2.45, 2.75) is 6.42 Å². The van der Waals surface area contributed by atoms with Crippen LogP contribution in [-0.4, -0.2) is 20.9 Å². The molecule has 0 unspecified atom stereocenters. The Morgan fingerprint density at radius 2 is 2.04 bits per heavy atom. The Hall–Kier alpha value is -2.64. The number of carbonyl (C=O) groups excluding carboxylic acids is 1. The highest BCUT2D eigenvalue weighted by Gasteiger charge is 2.11. The highest BCUT2D eigenvalue weighted by atomic mass is 32.1. The van der Waals surface area contributed by atoms with Crippen molar-refractivity contribution in [1.82, 2.24) is 15.0 Å². The number of rotatable bonds is 4. The summed E-state index contributed by atoms with van der Waals surface area (Å²) >= 11 is 2.98. The molecule has 1 aromatic carbocycles. The maximum absolute atomic E-state index is 12.2. The van der Waals surface area contributed by atoms with Crippen LogP contribution < -0.4 is 5.32 Å². The van der Waals surface area contributed by atoms with Crippen molar-refractivity contribution in [1.29, 1.82) is 0 Å². The van der Waals surface area contributed by atoms with E-state index >= 15 is 0 Å². The van der Waals surface area contributed by atoms with E-state index in [2.05, 4.69) is 20.3 Å². The van der Waals surface area contributed by atoms with Crippen molar-refractivity contribution in [3.63, 3.8) is 0 Å². The molecular weight excluding hydrogens is 340 g/mol. The number of para-hydroxylation sites is 1. The molecule has 1 amide bonds. The lowest BCUT2D eigenvalue weighted by atomic mass is 10.3. The zero-order chi connectivity index (χ0) is 16.4. The van der Waals surface area contributed by atoms with Gasteiger partial charge in [-0.3, -0.25) is 9.78 Å². The van der Waals surface area contributed by atoms with Crippen LogP contribution in [0.5, 0.6) is 0 Å². The van der Waals surface area contributed by atoms with E-state index < -0.39 is 0 Å². The van der Waals surface area contributed by atoms with Crippen LogP contribution in [-0.2, 0) is 11.2 Å². The van der Waals surface area contributed by atoms with E-state index in [0.717, 1.165) is 26.5 Å². The predicted octanol–water partition coefficient (Wildman–Crippen LogP) is 4.00. The van der Waals surface area contributed by atoms with Crippen LogP contribution in [0.15, 0.2) is 54.2 Å². The van der Waals surface area contributed by atoms with E-state index in [0.29, 0.717) is 5.13 Å². The van der Waals surface area contributed by atoms with Crippen molar-refractivity contribution in [2.24, 2.45) is 0 Å². The number of nitrogens with zero attached hydrogens (tertiary/aromatic N) is 3. The van der Waals surface area contributed by atoms with Crippen molar-refractivity contribution < 1.29 is 4.79 Å². The van der Waals surface area contributed by atoms with Gasteiger partial charge in [0.15, 0.2) is 5.13 Å². The molecule has 7 heteroatoms. The molecule has 118 valence electrons. The molecule has 0 spiro atoms. The fraction of sp³-hybridized carbons (Fsp3) is 0.0588. The molecule has 3 heterocycles. The van der Waals surface area contributed by atoms with Crippen LogP contribution in [0.3, 0.4) is 0 Å². The molecule has 24 heavy (non-hydrogen) atoms. The van der Waals surface area contributed by atoms with E-state index in [1.54, 1.807) is 12.4 Å². The summed E-state index contributed by atoms with van der Waals surface area (Å²) < 4.78 is 1.06. The summed E-state index contributed by atoms with van der Waals surface area (Å²) in [6.07, 6.45) is 3.72. The van der Waals surface area contributed by atoms with Gasteiger partial charge in [0, 0.05) is 23.3 Å². The molecule has 0 aliphatic heterocycles.